The highest BCUT2D eigenvalue weighted by atomic mass is 16.6. The van der Waals surface area contributed by atoms with Crippen molar-refractivity contribution in [3.8, 4) is 11.1 Å². The van der Waals surface area contributed by atoms with Crippen molar-refractivity contribution in [2.45, 2.75) is 63.3 Å². The molecule has 2 aromatic rings. The molecule has 0 bridgehead atoms. The van der Waals surface area contributed by atoms with Gasteiger partial charge in [0, 0.05) is 26.7 Å². The Hall–Kier alpha value is -5.18. The molecule has 2 heterocycles. The molecule has 15 heteroatoms. The standard InChI is InChI=1S/C31H32N2O13/c1-15(34)44-25-24-14-43-31(40)33(24)28(27(46-17(3)36)26(25)45-16(2)35)41-13-23(29(37)38)32-30(39)42-12-22-20-10-6-4-8-18(20)19-9-5-7-11-21(19)22/h4-11,22-28H,12-14H2,1-3H3,(H,32,39)(H,37,38)/t23-,24+,25+,26-,27+,28+/m0/s1. The molecule has 2 fully saturated rings. The summed E-state index contributed by atoms with van der Waals surface area (Å²) in [5.74, 6) is -4.23. The number of rotatable bonds is 10. The number of carbonyl (C=O) groups excluding carboxylic acids is 5. The van der Waals surface area contributed by atoms with Crippen LogP contribution in [0.5, 0.6) is 0 Å². The van der Waals surface area contributed by atoms with Gasteiger partial charge in [-0.25, -0.2) is 14.4 Å². The Morgan fingerprint density at radius 1 is 0.870 bits per heavy atom. The predicted octanol–water partition coefficient (Wildman–Crippen LogP) is 1.95. The number of amides is 2. The first kappa shape index (κ1) is 32.2. The van der Waals surface area contributed by atoms with E-state index in [0.29, 0.717) is 0 Å². The lowest BCUT2D eigenvalue weighted by molar-refractivity contribution is -0.239. The van der Waals surface area contributed by atoms with E-state index in [9.17, 15) is 33.9 Å². The molecule has 1 aliphatic carbocycles. The number of carbonyl (C=O) groups is 6. The first-order chi connectivity index (χ1) is 22.0. The lowest BCUT2D eigenvalue weighted by atomic mass is 9.92. The third kappa shape index (κ3) is 6.59. The number of esters is 3. The van der Waals surface area contributed by atoms with Gasteiger partial charge >= 0.3 is 36.1 Å². The van der Waals surface area contributed by atoms with Gasteiger partial charge < -0.3 is 38.8 Å². The lowest BCUT2D eigenvalue weighted by Crippen LogP contribution is -2.69. The third-order valence-electron chi connectivity index (χ3n) is 7.80. The van der Waals surface area contributed by atoms with Crippen molar-refractivity contribution >= 4 is 36.1 Å². The first-order valence-electron chi connectivity index (χ1n) is 14.4. The monoisotopic (exact) mass is 640 g/mol. The number of cyclic esters (lactones) is 1. The Morgan fingerprint density at radius 3 is 1.98 bits per heavy atom. The molecule has 0 aromatic heterocycles. The number of carboxylic acid groups (broad SMARTS) is 1. The molecule has 0 radical (unpaired) electrons. The number of carboxylic acids is 1. The Bertz CT molecular complexity index is 1500. The average Bonchev–Trinajstić information content (AvgIpc) is 3.53. The van der Waals surface area contributed by atoms with E-state index in [1.54, 1.807) is 0 Å². The van der Waals surface area contributed by atoms with Crippen molar-refractivity contribution in [1.29, 1.82) is 0 Å². The number of benzene rings is 2. The zero-order valence-corrected chi connectivity index (χ0v) is 25.1. The second-order valence-corrected chi connectivity index (χ2v) is 10.9. The number of fused-ring (bicyclic) bond motifs is 4. The minimum absolute atomic E-state index is 0.0763. The van der Waals surface area contributed by atoms with Gasteiger partial charge in [0.1, 0.15) is 19.3 Å². The Balaban J connectivity index is 1.31. The van der Waals surface area contributed by atoms with Gasteiger partial charge in [0.05, 0.1) is 6.61 Å². The summed E-state index contributed by atoms with van der Waals surface area (Å²) in [5, 5.41) is 12.1. The fraction of sp³-hybridized carbons (Fsp3) is 0.419. The molecule has 0 unspecified atom stereocenters. The summed E-state index contributed by atoms with van der Waals surface area (Å²) in [6.45, 7) is 2.10. The van der Waals surface area contributed by atoms with Crippen LogP contribution in [-0.4, -0.2) is 103 Å². The molecule has 2 amide bonds. The van der Waals surface area contributed by atoms with Gasteiger partial charge in [-0.1, -0.05) is 48.5 Å². The van der Waals surface area contributed by atoms with E-state index in [1.807, 2.05) is 48.5 Å². The van der Waals surface area contributed by atoms with Gasteiger partial charge in [-0.05, 0) is 22.3 Å². The van der Waals surface area contributed by atoms with Gasteiger partial charge in [0.2, 0.25) is 0 Å². The van der Waals surface area contributed by atoms with Crippen molar-refractivity contribution in [2.75, 3.05) is 19.8 Å². The zero-order chi connectivity index (χ0) is 33.1. The van der Waals surface area contributed by atoms with Crippen LogP contribution in [0.2, 0.25) is 0 Å². The summed E-state index contributed by atoms with van der Waals surface area (Å²) in [7, 11) is 0. The van der Waals surface area contributed by atoms with Crippen LogP contribution in [0, 0.1) is 0 Å². The summed E-state index contributed by atoms with van der Waals surface area (Å²) in [6.07, 6.45) is -7.88. The van der Waals surface area contributed by atoms with Crippen LogP contribution in [-0.2, 0) is 47.6 Å². The largest absolute Gasteiger partial charge is 0.480 e. The molecule has 244 valence electrons. The number of piperidine rings is 1. The summed E-state index contributed by atoms with van der Waals surface area (Å²) >= 11 is 0. The fourth-order valence-corrected chi connectivity index (χ4v) is 6.03. The molecular weight excluding hydrogens is 608 g/mol. The maximum absolute atomic E-state index is 12.8. The van der Waals surface area contributed by atoms with Gasteiger partial charge in [-0.2, -0.15) is 0 Å². The Labute approximate surface area is 262 Å². The minimum Gasteiger partial charge on any atom is -0.480 e. The van der Waals surface area contributed by atoms with E-state index in [4.69, 9.17) is 28.4 Å². The van der Waals surface area contributed by atoms with Crippen LogP contribution >= 0.6 is 0 Å². The van der Waals surface area contributed by atoms with E-state index in [0.717, 1.165) is 47.9 Å². The summed E-state index contributed by atoms with van der Waals surface area (Å²) in [5.41, 5.74) is 3.95. The number of nitrogens with one attached hydrogen (secondary N) is 1. The van der Waals surface area contributed by atoms with Crippen LogP contribution in [0.1, 0.15) is 37.8 Å². The number of alkyl carbamates (subject to hydrolysis) is 1. The van der Waals surface area contributed by atoms with Crippen molar-refractivity contribution < 1.29 is 62.3 Å². The van der Waals surface area contributed by atoms with Crippen LogP contribution in [0.4, 0.5) is 9.59 Å². The Kier molecular flexibility index (Phi) is 9.41. The van der Waals surface area contributed by atoms with Gasteiger partial charge in [0.15, 0.2) is 30.6 Å². The number of aliphatic carboxylic acids is 1. The maximum Gasteiger partial charge on any atom is 0.412 e. The molecule has 2 N–H and O–H groups in total. The molecule has 2 aromatic carbocycles. The van der Waals surface area contributed by atoms with E-state index >= 15 is 0 Å². The van der Waals surface area contributed by atoms with E-state index < -0.39 is 79.3 Å². The zero-order valence-electron chi connectivity index (χ0n) is 25.1. The molecular formula is C31H32N2O13. The van der Waals surface area contributed by atoms with Crippen LogP contribution in [0.25, 0.3) is 11.1 Å². The highest BCUT2D eigenvalue weighted by Gasteiger charge is 2.60. The summed E-state index contributed by atoms with van der Waals surface area (Å²) in [4.78, 5) is 74.8. The van der Waals surface area contributed by atoms with Gasteiger partial charge in [-0.3, -0.25) is 19.3 Å². The normalized spacial score (nSPS) is 23.6. The molecule has 2 aliphatic heterocycles. The molecule has 15 nitrogen and oxygen atoms in total. The van der Waals surface area contributed by atoms with E-state index in [2.05, 4.69) is 5.32 Å². The van der Waals surface area contributed by atoms with Gasteiger partial charge in [-0.15, -0.1) is 0 Å². The molecule has 2 saturated heterocycles. The summed E-state index contributed by atoms with van der Waals surface area (Å²) in [6, 6.07) is 12.7. The fourth-order valence-electron chi connectivity index (χ4n) is 6.03. The topological polar surface area (TPSA) is 193 Å². The maximum atomic E-state index is 12.8. The van der Waals surface area contributed by atoms with Crippen LogP contribution < -0.4 is 5.32 Å². The van der Waals surface area contributed by atoms with E-state index in [1.165, 1.54) is 0 Å². The molecule has 46 heavy (non-hydrogen) atoms. The number of nitrogens with zero attached hydrogens (tertiary/aromatic N) is 1. The quantitative estimate of drug-likeness (QED) is 0.283. The minimum atomic E-state index is -1.69. The predicted molar refractivity (Wildman–Crippen MR) is 153 cm³/mol. The van der Waals surface area contributed by atoms with Crippen molar-refractivity contribution in [3.05, 3.63) is 59.7 Å². The number of hydrogen-bond donors (Lipinski definition) is 2. The van der Waals surface area contributed by atoms with Gasteiger partial charge in [0.25, 0.3) is 0 Å². The van der Waals surface area contributed by atoms with E-state index in [-0.39, 0.29) is 19.1 Å². The molecule has 0 spiro atoms. The van der Waals surface area contributed by atoms with Crippen molar-refractivity contribution in [2.24, 2.45) is 0 Å². The number of hydrogen-bond acceptors (Lipinski definition) is 12. The molecule has 3 aliphatic rings. The van der Waals surface area contributed by atoms with Crippen molar-refractivity contribution in [1.82, 2.24) is 10.2 Å². The highest BCUT2D eigenvalue weighted by Crippen LogP contribution is 2.44. The Morgan fingerprint density at radius 2 is 1.41 bits per heavy atom. The average molecular weight is 641 g/mol. The summed E-state index contributed by atoms with van der Waals surface area (Å²) < 4.78 is 32.5. The highest BCUT2D eigenvalue weighted by molar-refractivity contribution is 5.81. The third-order valence-corrected chi connectivity index (χ3v) is 7.80. The first-order valence-corrected chi connectivity index (χ1v) is 14.4. The number of ether oxygens (including phenoxy) is 6. The van der Waals surface area contributed by atoms with Crippen LogP contribution in [0.15, 0.2) is 48.5 Å². The second-order valence-electron chi connectivity index (χ2n) is 10.9. The SMILES string of the molecule is CC(=O)O[C@@H]1[C@@H](OC(C)=O)[C@@H](OC[C@H](NC(=O)OCC2c3ccccc3-c3ccccc32)C(=O)O)N2C(=O)OC[C@@H]2[C@H]1OC(C)=O. The molecule has 5 rings (SSSR count). The van der Waals surface area contributed by atoms with Crippen molar-refractivity contribution in [3.63, 3.8) is 0 Å². The lowest BCUT2D eigenvalue weighted by Gasteiger charge is -2.47. The molecule has 0 saturated carbocycles. The molecule has 6 atom stereocenters. The van der Waals surface area contributed by atoms with Crippen LogP contribution in [0.3, 0.4) is 0 Å². The second kappa shape index (κ2) is 13.4. The smallest absolute Gasteiger partial charge is 0.412 e.